The van der Waals surface area contributed by atoms with E-state index >= 15 is 0 Å². The average Bonchev–Trinajstić information content (AvgIpc) is 3.11. The van der Waals surface area contributed by atoms with E-state index in [1.165, 1.54) is 24.3 Å². The molecular weight excluding hydrogens is 421 g/mol. The minimum absolute atomic E-state index is 0.185. The van der Waals surface area contributed by atoms with Crippen molar-refractivity contribution in [1.29, 1.82) is 0 Å². The highest BCUT2D eigenvalue weighted by Gasteiger charge is 2.28. The molecule has 2 amide bonds. The topological polar surface area (TPSA) is 83.7 Å². The van der Waals surface area contributed by atoms with E-state index in [4.69, 9.17) is 16.0 Å². The fraction of sp³-hybridized carbons (Fsp3) is 0.174. The summed E-state index contributed by atoms with van der Waals surface area (Å²) < 4.78 is 18.9. The maximum Gasteiger partial charge on any atom is 0.291 e. The van der Waals surface area contributed by atoms with E-state index < -0.39 is 17.6 Å². The van der Waals surface area contributed by atoms with Gasteiger partial charge >= 0.3 is 0 Å². The van der Waals surface area contributed by atoms with E-state index in [2.05, 4.69) is 15.8 Å². The van der Waals surface area contributed by atoms with Crippen molar-refractivity contribution >= 4 is 34.8 Å². The number of halogens is 2. The summed E-state index contributed by atoms with van der Waals surface area (Å²) in [6.45, 7) is 1.78. The Kier molecular flexibility index (Phi) is 5.86. The third-order valence-corrected chi connectivity index (χ3v) is 5.38. The van der Waals surface area contributed by atoms with Crippen LogP contribution in [0.1, 0.15) is 50.6 Å². The Morgan fingerprint density at radius 1 is 1.06 bits per heavy atom. The highest BCUT2D eigenvalue weighted by atomic mass is 35.5. The molecule has 0 saturated heterocycles. The van der Waals surface area contributed by atoms with Crippen molar-refractivity contribution in [2.75, 3.05) is 5.32 Å². The number of carbonyl (C=O) groups is 2. The maximum absolute atomic E-state index is 13.1. The summed E-state index contributed by atoms with van der Waals surface area (Å²) in [7, 11) is 0. The molecule has 8 heteroatoms. The molecule has 1 aromatic heterocycles. The summed E-state index contributed by atoms with van der Waals surface area (Å²) in [6.07, 6.45) is 2.07. The maximum atomic E-state index is 13.1. The van der Waals surface area contributed by atoms with Crippen LogP contribution in [-0.4, -0.2) is 17.5 Å². The third kappa shape index (κ3) is 4.36. The van der Waals surface area contributed by atoms with Crippen LogP contribution < -0.4 is 10.7 Å². The van der Waals surface area contributed by atoms with Crippen LogP contribution in [0.2, 0.25) is 5.02 Å². The van der Waals surface area contributed by atoms with Gasteiger partial charge in [-0.1, -0.05) is 23.7 Å². The zero-order valence-electron chi connectivity index (χ0n) is 16.7. The lowest BCUT2D eigenvalue weighted by molar-refractivity contribution is 0.0953. The Morgan fingerprint density at radius 3 is 2.55 bits per heavy atom. The van der Waals surface area contributed by atoms with Crippen molar-refractivity contribution in [2.24, 2.45) is 5.10 Å². The molecule has 0 aliphatic heterocycles. The molecule has 2 aromatic carbocycles. The quantitative estimate of drug-likeness (QED) is 0.554. The second-order valence-electron chi connectivity index (χ2n) is 7.15. The van der Waals surface area contributed by atoms with Crippen molar-refractivity contribution < 1.29 is 18.4 Å². The molecule has 1 heterocycles. The first-order valence-electron chi connectivity index (χ1n) is 9.75. The van der Waals surface area contributed by atoms with E-state index in [1.807, 2.05) is 0 Å². The predicted molar refractivity (Wildman–Crippen MR) is 116 cm³/mol. The van der Waals surface area contributed by atoms with E-state index in [9.17, 15) is 14.0 Å². The highest BCUT2D eigenvalue weighted by molar-refractivity contribution is 6.33. The standard InChI is InChI=1S/C23H19ClFN3O3/c1-13-20-18(27-28-22(29)14-9-11-15(25)12-10-14)7-4-8-19(20)31-21(13)23(30)26-17-6-3-2-5-16(17)24/h2-3,5-6,9-12H,4,7-8H2,1H3,(H,26,30)(H,28,29)/b27-18+. The fourth-order valence-electron chi connectivity index (χ4n) is 3.52. The number of hydrogen-bond donors (Lipinski definition) is 2. The van der Waals surface area contributed by atoms with E-state index in [-0.39, 0.29) is 5.76 Å². The number of para-hydroxylation sites is 1. The number of hydrazone groups is 1. The first kappa shape index (κ1) is 20.8. The van der Waals surface area contributed by atoms with Gasteiger partial charge in [-0.2, -0.15) is 5.10 Å². The molecule has 1 aliphatic rings. The lowest BCUT2D eigenvalue weighted by atomic mass is 9.93. The summed E-state index contributed by atoms with van der Waals surface area (Å²) in [5.41, 5.74) is 5.31. The van der Waals surface area contributed by atoms with Crippen LogP contribution >= 0.6 is 11.6 Å². The molecule has 3 aromatic rings. The zero-order valence-corrected chi connectivity index (χ0v) is 17.4. The third-order valence-electron chi connectivity index (χ3n) is 5.05. The lowest BCUT2D eigenvalue weighted by Crippen LogP contribution is -2.22. The Balaban J connectivity index is 1.57. The van der Waals surface area contributed by atoms with E-state index in [0.29, 0.717) is 46.2 Å². The fourth-order valence-corrected chi connectivity index (χ4v) is 3.71. The minimum Gasteiger partial charge on any atom is -0.455 e. The Labute approximate surface area is 183 Å². The summed E-state index contributed by atoms with van der Waals surface area (Å²) >= 11 is 6.12. The number of nitrogens with one attached hydrogen (secondary N) is 2. The van der Waals surface area contributed by atoms with Crippen LogP contribution in [0, 0.1) is 12.7 Å². The molecule has 0 atom stereocenters. The summed E-state index contributed by atoms with van der Waals surface area (Å²) in [5.74, 6) is -0.434. The van der Waals surface area contributed by atoms with Gasteiger partial charge in [0.15, 0.2) is 5.76 Å². The number of amides is 2. The number of furan rings is 1. The lowest BCUT2D eigenvalue weighted by Gasteiger charge is -2.13. The van der Waals surface area contributed by atoms with Crippen LogP contribution in [0.15, 0.2) is 58.0 Å². The normalized spacial score (nSPS) is 14.2. The number of rotatable bonds is 4. The minimum atomic E-state index is -0.447. The van der Waals surface area contributed by atoms with Crippen molar-refractivity contribution in [3.05, 3.63) is 87.6 Å². The number of hydrogen-bond acceptors (Lipinski definition) is 4. The van der Waals surface area contributed by atoms with Crippen molar-refractivity contribution in [2.45, 2.75) is 26.2 Å². The Morgan fingerprint density at radius 2 is 1.81 bits per heavy atom. The predicted octanol–water partition coefficient (Wildman–Crippen LogP) is 5.10. The molecule has 6 nitrogen and oxygen atoms in total. The smallest absolute Gasteiger partial charge is 0.291 e. The Bertz CT molecular complexity index is 1190. The number of benzene rings is 2. The number of nitrogens with zero attached hydrogens (tertiary/aromatic N) is 1. The average molecular weight is 440 g/mol. The van der Waals surface area contributed by atoms with Gasteiger partial charge < -0.3 is 9.73 Å². The highest BCUT2D eigenvalue weighted by Crippen LogP contribution is 2.31. The summed E-state index contributed by atoms with van der Waals surface area (Å²) in [5, 5.41) is 7.45. The van der Waals surface area contributed by atoms with Gasteiger partial charge in [0.25, 0.3) is 11.8 Å². The molecule has 0 bridgehead atoms. The monoisotopic (exact) mass is 439 g/mol. The van der Waals surface area contributed by atoms with Gasteiger partial charge in [-0.05, 0) is 56.2 Å². The van der Waals surface area contributed by atoms with Crippen LogP contribution in [0.5, 0.6) is 0 Å². The van der Waals surface area contributed by atoms with Gasteiger partial charge in [-0.25, -0.2) is 9.82 Å². The van der Waals surface area contributed by atoms with Crippen LogP contribution in [0.4, 0.5) is 10.1 Å². The number of anilines is 1. The molecule has 31 heavy (non-hydrogen) atoms. The molecule has 158 valence electrons. The molecule has 0 radical (unpaired) electrons. The molecule has 4 rings (SSSR count). The van der Waals surface area contributed by atoms with Gasteiger partial charge in [0.05, 0.1) is 16.4 Å². The molecule has 0 unspecified atom stereocenters. The van der Waals surface area contributed by atoms with E-state index in [1.54, 1.807) is 31.2 Å². The van der Waals surface area contributed by atoms with Crippen molar-refractivity contribution in [1.82, 2.24) is 5.43 Å². The molecular formula is C23H19ClFN3O3. The first-order valence-corrected chi connectivity index (χ1v) is 10.1. The first-order chi connectivity index (χ1) is 14.9. The molecule has 2 N–H and O–H groups in total. The molecule has 0 saturated carbocycles. The van der Waals surface area contributed by atoms with Gasteiger partial charge in [0, 0.05) is 23.1 Å². The van der Waals surface area contributed by atoms with Crippen molar-refractivity contribution in [3.63, 3.8) is 0 Å². The molecule has 0 spiro atoms. The SMILES string of the molecule is Cc1c(C(=O)Nc2ccccc2Cl)oc2c1/C(=N/NC(=O)c1ccc(F)cc1)CCC2. The molecule has 1 aliphatic carbocycles. The Hall–Kier alpha value is -3.45. The van der Waals surface area contributed by atoms with Gasteiger partial charge in [-0.15, -0.1) is 0 Å². The van der Waals surface area contributed by atoms with Gasteiger partial charge in [0.2, 0.25) is 0 Å². The van der Waals surface area contributed by atoms with Crippen LogP contribution in [0.25, 0.3) is 0 Å². The van der Waals surface area contributed by atoms with Crippen molar-refractivity contribution in [3.8, 4) is 0 Å². The van der Waals surface area contributed by atoms with Crippen LogP contribution in [-0.2, 0) is 6.42 Å². The van der Waals surface area contributed by atoms with Gasteiger partial charge in [-0.3, -0.25) is 9.59 Å². The zero-order chi connectivity index (χ0) is 22.0. The summed E-state index contributed by atoms with van der Waals surface area (Å²) in [6, 6.07) is 12.1. The van der Waals surface area contributed by atoms with E-state index in [0.717, 1.165) is 12.0 Å². The van der Waals surface area contributed by atoms with Gasteiger partial charge in [0.1, 0.15) is 11.6 Å². The van der Waals surface area contributed by atoms with Crippen LogP contribution in [0.3, 0.4) is 0 Å². The second-order valence-corrected chi connectivity index (χ2v) is 7.56. The molecule has 0 fully saturated rings. The number of carbonyl (C=O) groups excluding carboxylic acids is 2. The largest absolute Gasteiger partial charge is 0.455 e. The summed E-state index contributed by atoms with van der Waals surface area (Å²) in [4.78, 5) is 25.1. The number of fused-ring (bicyclic) bond motifs is 1. The number of aryl methyl sites for hydroxylation is 1. The second kappa shape index (κ2) is 8.73.